The molecule has 140 valence electrons. The lowest BCUT2D eigenvalue weighted by Crippen LogP contribution is -2.49. The Bertz CT molecular complexity index is 661. The zero-order valence-corrected chi connectivity index (χ0v) is 15.4. The largest absolute Gasteiger partial charge is 0.480 e. The molecule has 26 heavy (non-hydrogen) atoms. The van der Waals surface area contributed by atoms with Crippen molar-refractivity contribution in [3.63, 3.8) is 0 Å². The normalized spacial score (nSPS) is 23.9. The fraction of sp³-hybridized carbons (Fsp3) is 0.619. The van der Waals surface area contributed by atoms with Crippen molar-refractivity contribution < 1.29 is 14.3 Å². The van der Waals surface area contributed by atoms with Gasteiger partial charge in [0.05, 0.1) is 0 Å². The summed E-state index contributed by atoms with van der Waals surface area (Å²) < 4.78 is 5.95. The van der Waals surface area contributed by atoms with Gasteiger partial charge in [-0.05, 0) is 56.6 Å². The second-order valence-electron chi connectivity index (χ2n) is 7.74. The molecule has 0 saturated carbocycles. The zero-order chi connectivity index (χ0) is 17.9. The van der Waals surface area contributed by atoms with Crippen LogP contribution in [0.3, 0.4) is 0 Å². The molecule has 1 unspecified atom stereocenters. The van der Waals surface area contributed by atoms with Crippen LogP contribution in [0.2, 0.25) is 0 Å². The summed E-state index contributed by atoms with van der Waals surface area (Å²) in [7, 11) is 0. The molecule has 0 aromatic heterocycles. The number of fused-ring (bicyclic) bond motifs is 1. The van der Waals surface area contributed by atoms with E-state index >= 15 is 0 Å². The molecule has 3 aliphatic rings. The van der Waals surface area contributed by atoms with Crippen LogP contribution in [0, 0.1) is 5.92 Å². The molecule has 1 aromatic carbocycles. The summed E-state index contributed by atoms with van der Waals surface area (Å²) >= 11 is 0. The molecular weight excluding hydrogens is 328 g/mol. The monoisotopic (exact) mass is 356 g/mol. The molecular formula is C21H28N2O3. The van der Waals surface area contributed by atoms with Gasteiger partial charge in [0.2, 0.25) is 5.91 Å². The van der Waals surface area contributed by atoms with Crippen molar-refractivity contribution in [3.8, 4) is 5.75 Å². The smallest absolute Gasteiger partial charge is 0.263 e. The average molecular weight is 356 g/mol. The van der Waals surface area contributed by atoms with E-state index in [1.165, 1.54) is 12.0 Å². The van der Waals surface area contributed by atoms with Gasteiger partial charge < -0.3 is 14.5 Å². The van der Waals surface area contributed by atoms with Crippen molar-refractivity contribution in [3.05, 3.63) is 29.8 Å². The van der Waals surface area contributed by atoms with Crippen LogP contribution < -0.4 is 4.74 Å². The number of carbonyl (C=O) groups is 2. The Morgan fingerprint density at radius 2 is 1.54 bits per heavy atom. The number of nitrogens with zero attached hydrogens (tertiary/aromatic N) is 2. The Kier molecular flexibility index (Phi) is 5.14. The van der Waals surface area contributed by atoms with E-state index in [9.17, 15) is 9.59 Å². The Labute approximate surface area is 155 Å². The summed E-state index contributed by atoms with van der Waals surface area (Å²) in [5.41, 5.74) is 1.18. The van der Waals surface area contributed by atoms with Gasteiger partial charge >= 0.3 is 0 Å². The van der Waals surface area contributed by atoms with Gasteiger partial charge in [0.25, 0.3) is 5.91 Å². The van der Waals surface area contributed by atoms with E-state index in [0.29, 0.717) is 19.0 Å². The van der Waals surface area contributed by atoms with E-state index in [1.54, 1.807) is 0 Å². The third-order valence-electron chi connectivity index (χ3n) is 6.02. The van der Waals surface area contributed by atoms with Crippen LogP contribution >= 0.6 is 0 Å². The molecule has 0 spiro atoms. The number of ether oxygens (including phenoxy) is 1. The number of hydrogen-bond acceptors (Lipinski definition) is 3. The quantitative estimate of drug-likeness (QED) is 0.818. The highest BCUT2D eigenvalue weighted by atomic mass is 16.5. The topological polar surface area (TPSA) is 49.9 Å². The van der Waals surface area contributed by atoms with Crippen LogP contribution in [0.1, 0.15) is 44.1 Å². The summed E-state index contributed by atoms with van der Waals surface area (Å²) in [6.07, 6.45) is 6.31. The summed E-state index contributed by atoms with van der Waals surface area (Å²) in [4.78, 5) is 29.4. The van der Waals surface area contributed by atoms with Crippen LogP contribution in [0.4, 0.5) is 0 Å². The predicted molar refractivity (Wildman–Crippen MR) is 98.9 cm³/mol. The first-order chi connectivity index (χ1) is 12.7. The number of hydrogen-bond donors (Lipinski definition) is 0. The molecule has 4 rings (SSSR count). The molecule has 0 radical (unpaired) electrons. The predicted octanol–water partition coefficient (Wildman–Crippen LogP) is 2.63. The summed E-state index contributed by atoms with van der Waals surface area (Å²) in [5, 5.41) is 0. The molecule has 5 heteroatoms. The first-order valence-corrected chi connectivity index (χ1v) is 10.0. The first-order valence-electron chi connectivity index (χ1n) is 10.0. The Morgan fingerprint density at radius 3 is 2.31 bits per heavy atom. The number of aryl methyl sites for hydroxylation is 1. The van der Waals surface area contributed by atoms with Gasteiger partial charge in [-0.2, -0.15) is 0 Å². The van der Waals surface area contributed by atoms with Gasteiger partial charge in [-0.25, -0.2) is 0 Å². The third-order valence-corrected chi connectivity index (χ3v) is 6.02. The molecule has 2 saturated heterocycles. The molecule has 5 nitrogen and oxygen atoms in total. The average Bonchev–Trinajstić information content (AvgIpc) is 2.73. The maximum atomic E-state index is 12.8. The van der Waals surface area contributed by atoms with Crippen molar-refractivity contribution in [1.82, 2.24) is 9.80 Å². The van der Waals surface area contributed by atoms with Gasteiger partial charge in [0.1, 0.15) is 5.75 Å². The van der Waals surface area contributed by atoms with Crippen LogP contribution in [-0.4, -0.2) is 53.9 Å². The van der Waals surface area contributed by atoms with E-state index in [0.717, 1.165) is 57.4 Å². The van der Waals surface area contributed by atoms with Gasteiger partial charge in [-0.3, -0.25) is 9.59 Å². The van der Waals surface area contributed by atoms with Crippen molar-refractivity contribution >= 4 is 11.8 Å². The SMILES string of the molecule is O=C(C1CCN(C(=O)C2CCc3ccccc3O2)CC1)N1CCCCC1. The lowest BCUT2D eigenvalue weighted by molar-refractivity contribution is -0.145. The molecule has 1 aromatic rings. The standard InChI is InChI=1S/C21H28N2O3/c24-20(22-12-4-1-5-13-22)17-10-14-23(15-11-17)21(25)19-9-8-16-6-2-3-7-18(16)26-19/h2-3,6-7,17,19H,1,4-5,8-15H2. The van der Waals surface area contributed by atoms with Gasteiger partial charge in [0, 0.05) is 32.1 Å². The van der Waals surface area contributed by atoms with Crippen LogP contribution in [0.5, 0.6) is 5.75 Å². The highest BCUT2D eigenvalue weighted by Crippen LogP contribution is 2.29. The second-order valence-corrected chi connectivity index (χ2v) is 7.74. The van der Waals surface area contributed by atoms with Gasteiger partial charge in [0.15, 0.2) is 6.10 Å². The molecule has 0 bridgehead atoms. The lowest BCUT2D eigenvalue weighted by atomic mass is 9.93. The number of piperidine rings is 2. The maximum absolute atomic E-state index is 12.8. The van der Waals surface area contributed by atoms with E-state index in [1.807, 2.05) is 28.0 Å². The zero-order valence-electron chi connectivity index (χ0n) is 15.4. The molecule has 2 amide bonds. The van der Waals surface area contributed by atoms with E-state index in [-0.39, 0.29) is 17.9 Å². The lowest BCUT2D eigenvalue weighted by Gasteiger charge is -2.37. The number of likely N-dealkylation sites (tertiary alicyclic amines) is 2. The Hall–Kier alpha value is -2.04. The highest BCUT2D eigenvalue weighted by Gasteiger charge is 2.34. The molecule has 0 N–H and O–H groups in total. The van der Waals surface area contributed by atoms with Crippen molar-refractivity contribution in [2.45, 2.75) is 51.0 Å². The molecule has 0 aliphatic carbocycles. The highest BCUT2D eigenvalue weighted by molar-refractivity contribution is 5.83. The van der Waals surface area contributed by atoms with Crippen LogP contribution in [0.25, 0.3) is 0 Å². The van der Waals surface area contributed by atoms with Crippen LogP contribution in [0.15, 0.2) is 24.3 Å². The first kappa shape index (κ1) is 17.4. The number of benzene rings is 1. The minimum absolute atomic E-state index is 0.0865. The van der Waals surface area contributed by atoms with E-state index in [4.69, 9.17) is 4.74 Å². The number of para-hydroxylation sites is 1. The summed E-state index contributed by atoms with van der Waals surface area (Å²) in [6, 6.07) is 7.96. The Morgan fingerprint density at radius 1 is 0.846 bits per heavy atom. The maximum Gasteiger partial charge on any atom is 0.263 e. The van der Waals surface area contributed by atoms with Crippen molar-refractivity contribution in [2.24, 2.45) is 5.92 Å². The Balaban J connectivity index is 1.30. The van der Waals surface area contributed by atoms with Crippen molar-refractivity contribution in [2.75, 3.05) is 26.2 Å². The van der Waals surface area contributed by atoms with Gasteiger partial charge in [-0.1, -0.05) is 18.2 Å². The van der Waals surface area contributed by atoms with E-state index < -0.39 is 0 Å². The number of carbonyl (C=O) groups excluding carboxylic acids is 2. The molecule has 3 aliphatic heterocycles. The third kappa shape index (κ3) is 3.57. The number of amides is 2. The molecule has 2 fully saturated rings. The fourth-order valence-electron chi connectivity index (χ4n) is 4.42. The molecule has 3 heterocycles. The number of rotatable bonds is 2. The van der Waals surface area contributed by atoms with Gasteiger partial charge in [-0.15, -0.1) is 0 Å². The molecule has 1 atom stereocenters. The fourth-order valence-corrected chi connectivity index (χ4v) is 4.42. The van der Waals surface area contributed by atoms with E-state index in [2.05, 4.69) is 6.07 Å². The summed E-state index contributed by atoms with van der Waals surface area (Å²) in [6.45, 7) is 3.16. The second kappa shape index (κ2) is 7.68. The van der Waals surface area contributed by atoms with Crippen LogP contribution in [-0.2, 0) is 16.0 Å². The minimum atomic E-state index is -0.376. The summed E-state index contributed by atoms with van der Waals surface area (Å²) in [5.74, 6) is 1.32. The minimum Gasteiger partial charge on any atom is -0.480 e. The van der Waals surface area contributed by atoms with Crippen molar-refractivity contribution in [1.29, 1.82) is 0 Å².